The first-order chi connectivity index (χ1) is 9.29. The topological polar surface area (TPSA) is 42.8 Å². The Bertz CT molecular complexity index is 644. The van der Waals surface area contributed by atoms with Crippen LogP contribution in [-0.2, 0) is 24.1 Å². The molecule has 0 atom stereocenters. The van der Waals surface area contributed by atoms with Gasteiger partial charge < -0.3 is 4.74 Å². The van der Waals surface area contributed by atoms with Crippen molar-refractivity contribution in [2.75, 3.05) is 13.7 Å². The summed E-state index contributed by atoms with van der Waals surface area (Å²) in [5, 5.41) is 7.23. The molecule has 1 aromatic heterocycles. The van der Waals surface area contributed by atoms with Gasteiger partial charge in [-0.2, -0.15) is 5.10 Å². The maximum Gasteiger partial charge on any atom is 0.195 e. The van der Waals surface area contributed by atoms with Crippen LogP contribution in [0.4, 0.5) is 0 Å². The number of ether oxygens (including phenoxy) is 1. The number of rotatable bonds is 4. The minimum absolute atomic E-state index is 0.631. The molecule has 0 fully saturated rings. The Kier molecular flexibility index (Phi) is 3.48. The molecule has 4 nitrogen and oxygen atoms in total. The van der Waals surface area contributed by atoms with E-state index in [2.05, 4.69) is 28.4 Å². The first-order valence-corrected chi connectivity index (χ1v) is 6.97. The van der Waals surface area contributed by atoms with Gasteiger partial charge in [-0.15, -0.1) is 0 Å². The molecule has 1 aliphatic rings. The summed E-state index contributed by atoms with van der Waals surface area (Å²) in [6.45, 7) is 1.35. The first-order valence-electron chi connectivity index (χ1n) is 6.56. The largest absolute Gasteiger partial charge is 0.383 e. The van der Waals surface area contributed by atoms with Crippen LogP contribution < -0.4 is 0 Å². The molecule has 2 aromatic rings. The van der Waals surface area contributed by atoms with E-state index in [4.69, 9.17) is 17.0 Å². The summed E-state index contributed by atoms with van der Waals surface area (Å²) in [6, 6.07) is 6.60. The van der Waals surface area contributed by atoms with E-state index in [1.165, 1.54) is 30.4 Å². The summed E-state index contributed by atoms with van der Waals surface area (Å²) in [5.41, 5.74) is 4.05. The monoisotopic (exact) mass is 275 g/mol. The van der Waals surface area contributed by atoms with Crippen molar-refractivity contribution in [1.29, 1.82) is 0 Å². The fraction of sp³-hybridized carbons (Fsp3) is 0.429. The van der Waals surface area contributed by atoms with E-state index in [0.717, 1.165) is 17.9 Å². The Balaban J connectivity index is 2.00. The van der Waals surface area contributed by atoms with E-state index in [1.54, 1.807) is 7.11 Å². The molecule has 0 saturated carbocycles. The lowest BCUT2D eigenvalue weighted by Gasteiger charge is -2.07. The highest BCUT2D eigenvalue weighted by atomic mass is 32.1. The molecule has 1 aromatic carbocycles. The number of hydrogen-bond donors (Lipinski definition) is 1. The van der Waals surface area contributed by atoms with Crippen LogP contribution in [0.5, 0.6) is 0 Å². The highest BCUT2D eigenvalue weighted by Crippen LogP contribution is 2.27. The number of nitrogens with one attached hydrogen (secondary N) is 1. The number of nitrogens with zero attached hydrogens (tertiary/aromatic N) is 2. The van der Waals surface area contributed by atoms with E-state index >= 15 is 0 Å². The zero-order valence-electron chi connectivity index (χ0n) is 11.0. The molecular formula is C14H17N3OS. The lowest BCUT2D eigenvalue weighted by atomic mass is 10.1. The normalized spacial score (nSPS) is 13.7. The number of methoxy groups -OCH3 is 1. The minimum Gasteiger partial charge on any atom is -0.383 e. The standard InChI is InChI=1S/C14H17N3OS/c1-18-8-7-17-13(15-16-14(17)19)12-6-5-10-3-2-4-11(10)9-12/h5-6,9H,2-4,7-8H2,1H3,(H,16,19). The molecular weight excluding hydrogens is 258 g/mol. The van der Waals surface area contributed by atoms with Crippen molar-refractivity contribution in [2.24, 2.45) is 0 Å². The van der Waals surface area contributed by atoms with Crippen molar-refractivity contribution in [3.05, 3.63) is 34.1 Å². The van der Waals surface area contributed by atoms with Crippen molar-refractivity contribution in [3.63, 3.8) is 0 Å². The summed E-state index contributed by atoms with van der Waals surface area (Å²) in [4.78, 5) is 0. The Hall–Kier alpha value is -1.46. The highest BCUT2D eigenvalue weighted by molar-refractivity contribution is 7.71. The molecule has 3 rings (SSSR count). The van der Waals surface area contributed by atoms with Gasteiger partial charge in [0.1, 0.15) is 0 Å². The summed E-state index contributed by atoms with van der Waals surface area (Å²) in [7, 11) is 1.69. The number of aromatic nitrogens is 3. The quantitative estimate of drug-likeness (QED) is 0.872. The molecule has 0 radical (unpaired) electrons. The third-order valence-corrected chi connectivity index (χ3v) is 3.95. The number of aryl methyl sites for hydroxylation is 2. The van der Waals surface area contributed by atoms with Crippen molar-refractivity contribution in [3.8, 4) is 11.4 Å². The van der Waals surface area contributed by atoms with Crippen LogP contribution in [0, 0.1) is 4.77 Å². The molecule has 0 unspecified atom stereocenters. The van der Waals surface area contributed by atoms with E-state index in [0.29, 0.717) is 11.4 Å². The van der Waals surface area contributed by atoms with Gasteiger partial charge in [0.25, 0.3) is 0 Å². The predicted octanol–water partition coefficient (Wildman–Crippen LogP) is 2.74. The molecule has 1 aliphatic carbocycles. The van der Waals surface area contributed by atoms with Crippen molar-refractivity contribution in [2.45, 2.75) is 25.8 Å². The minimum atomic E-state index is 0.631. The summed E-state index contributed by atoms with van der Waals surface area (Å²) in [6.07, 6.45) is 3.63. The fourth-order valence-electron chi connectivity index (χ4n) is 2.64. The lowest BCUT2D eigenvalue weighted by molar-refractivity contribution is 0.187. The molecule has 1 heterocycles. The number of fused-ring (bicyclic) bond motifs is 1. The van der Waals surface area contributed by atoms with Gasteiger partial charge in [-0.1, -0.05) is 12.1 Å². The average Bonchev–Trinajstić information content (AvgIpc) is 3.02. The molecule has 0 saturated heterocycles. The van der Waals surface area contributed by atoms with Crippen LogP contribution in [-0.4, -0.2) is 28.5 Å². The van der Waals surface area contributed by atoms with Gasteiger partial charge in [-0.05, 0) is 48.7 Å². The maximum atomic E-state index is 5.27. The fourth-order valence-corrected chi connectivity index (χ4v) is 2.86. The predicted molar refractivity (Wildman–Crippen MR) is 76.7 cm³/mol. The van der Waals surface area contributed by atoms with Crippen LogP contribution in [0.1, 0.15) is 17.5 Å². The van der Waals surface area contributed by atoms with E-state index in [-0.39, 0.29) is 0 Å². The molecule has 5 heteroatoms. The SMILES string of the molecule is COCCn1c(-c2ccc3c(c2)CCC3)n[nH]c1=S. The number of H-pyrrole nitrogens is 1. The lowest BCUT2D eigenvalue weighted by Crippen LogP contribution is -2.06. The average molecular weight is 275 g/mol. The van der Waals surface area contributed by atoms with Gasteiger partial charge >= 0.3 is 0 Å². The highest BCUT2D eigenvalue weighted by Gasteiger charge is 2.14. The second kappa shape index (κ2) is 5.27. The molecule has 19 heavy (non-hydrogen) atoms. The molecule has 0 spiro atoms. The van der Waals surface area contributed by atoms with E-state index in [9.17, 15) is 0 Å². The second-order valence-corrected chi connectivity index (χ2v) is 5.22. The van der Waals surface area contributed by atoms with Crippen LogP contribution in [0.15, 0.2) is 18.2 Å². The molecule has 100 valence electrons. The Morgan fingerprint density at radius 3 is 3.05 bits per heavy atom. The van der Waals surface area contributed by atoms with Gasteiger partial charge in [0.2, 0.25) is 0 Å². The van der Waals surface area contributed by atoms with Crippen LogP contribution in [0.3, 0.4) is 0 Å². The molecule has 0 aliphatic heterocycles. The van der Waals surface area contributed by atoms with Gasteiger partial charge in [-0.3, -0.25) is 9.67 Å². The van der Waals surface area contributed by atoms with Crippen LogP contribution in [0.25, 0.3) is 11.4 Å². The molecule has 0 bridgehead atoms. The van der Waals surface area contributed by atoms with Crippen LogP contribution in [0.2, 0.25) is 0 Å². The first kappa shape index (κ1) is 12.6. The Morgan fingerprint density at radius 1 is 1.37 bits per heavy atom. The summed E-state index contributed by atoms with van der Waals surface area (Å²) in [5.74, 6) is 0.900. The zero-order chi connectivity index (χ0) is 13.2. The zero-order valence-corrected chi connectivity index (χ0v) is 11.8. The van der Waals surface area contributed by atoms with Gasteiger partial charge in [0, 0.05) is 12.7 Å². The van der Waals surface area contributed by atoms with Crippen molar-refractivity contribution >= 4 is 12.2 Å². The number of benzene rings is 1. The van der Waals surface area contributed by atoms with Gasteiger partial charge in [0.05, 0.1) is 13.2 Å². The van der Waals surface area contributed by atoms with Gasteiger partial charge in [0.15, 0.2) is 10.6 Å². The smallest absolute Gasteiger partial charge is 0.195 e. The maximum absolute atomic E-state index is 5.27. The van der Waals surface area contributed by atoms with Crippen LogP contribution >= 0.6 is 12.2 Å². The van der Waals surface area contributed by atoms with E-state index in [1.807, 2.05) is 4.57 Å². The number of hydrogen-bond acceptors (Lipinski definition) is 3. The molecule has 1 N–H and O–H groups in total. The third-order valence-electron chi connectivity index (χ3n) is 3.63. The summed E-state index contributed by atoms with van der Waals surface area (Å²) < 4.78 is 7.77. The van der Waals surface area contributed by atoms with E-state index < -0.39 is 0 Å². The van der Waals surface area contributed by atoms with Crippen molar-refractivity contribution in [1.82, 2.24) is 14.8 Å². The summed E-state index contributed by atoms with van der Waals surface area (Å²) >= 11 is 5.27. The Morgan fingerprint density at radius 2 is 2.21 bits per heavy atom. The third kappa shape index (κ3) is 2.35. The number of aromatic amines is 1. The van der Waals surface area contributed by atoms with Crippen molar-refractivity contribution < 1.29 is 4.74 Å². The Labute approximate surface area is 117 Å². The molecule has 0 amide bonds. The second-order valence-electron chi connectivity index (χ2n) is 4.83. The van der Waals surface area contributed by atoms with Gasteiger partial charge in [-0.25, -0.2) is 0 Å².